The van der Waals surface area contributed by atoms with E-state index in [9.17, 15) is 0 Å². The second-order valence-electron chi connectivity index (χ2n) is 5.84. The van der Waals surface area contributed by atoms with Crippen LogP contribution in [-0.2, 0) is 13.0 Å². The highest BCUT2D eigenvalue weighted by Gasteiger charge is 2.08. The van der Waals surface area contributed by atoms with Crippen molar-refractivity contribution in [2.24, 2.45) is 0 Å². The van der Waals surface area contributed by atoms with E-state index < -0.39 is 0 Å². The van der Waals surface area contributed by atoms with Gasteiger partial charge in [-0.05, 0) is 37.5 Å². The van der Waals surface area contributed by atoms with E-state index in [2.05, 4.69) is 45.4 Å². The summed E-state index contributed by atoms with van der Waals surface area (Å²) in [5.74, 6) is 1.10. The van der Waals surface area contributed by atoms with Crippen LogP contribution in [0.25, 0.3) is 10.1 Å². The molecule has 3 rings (SSSR count). The van der Waals surface area contributed by atoms with Crippen LogP contribution in [0.15, 0.2) is 28.9 Å². The number of hydrogen-bond donors (Lipinski definition) is 1. The molecule has 3 aromatic rings. The normalized spacial score (nSPS) is 11.1. The molecule has 0 spiro atoms. The highest BCUT2D eigenvalue weighted by atomic mass is 32.2. The summed E-state index contributed by atoms with van der Waals surface area (Å²) in [6.07, 6.45) is 2.75. The van der Waals surface area contributed by atoms with Crippen molar-refractivity contribution >= 4 is 39.0 Å². The Bertz CT molecular complexity index is 929. The van der Waals surface area contributed by atoms with Gasteiger partial charge >= 0.3 is 0 Å². The second kappa shape index (κ2) is 7.78. The Morgan fingerprint density at radius 2 is 2.16 bits per heavy atom. The molecule has 0 amide bonds. The molecule has 25 heavy (non-hydrogen) atoms. The Labute approximate surface area is 154 Å². The topological polar surface area (TPSA) is 91.7 Å². The maximum Gasteiger partial charge on any atom is 0.190 e. The highest BCUT2D eigenvalue weighted by Crippen LogP contribution is 2.27. The van der Waals surface area contributed by atoms with Gasteiger partial charge in [0.1, 0.15) is 17.6 Å². The fraction of sp³-hybridized carbons (Fsp3) is 0.294. The zero-order valence-electron chi connectivity index (χ0n) is 14.1. The summed E-state index contributed by atoms with van der Waals surface area (Å²) in [4.78, 5) is 15.0. The van der Waals surface area contributed by atoms with Gasteiger partial charge in [0.15, 0.2) is 5.16 Å². The lowest BCUT2D eigenvalue weighted by Crippen LogP contribution is -2.10. The molecule has 0 fully saturated rings. The molecule has 0 atom stereocenters. The third-order valence-electron chi connectivity index (χ3n) is 3.51. The smallest absolute Gasteiger partial charge is 0.190 e. The Kier molecular flexibility index (Phi) is 5.48. The van der Waals surface area contributed by atoms with E-state index in [0.29, 0.717) is 16.7 Å². The third kappa shape index (κ3) is 4.45. The second-order valence-corrected chi connectivity index (χ2v) is 7.81. The van der Waals surface area contributed by atoms with E-state index in [1.165, 1.54) is 33.5 Å². The first-order valence-corrected chi connectivity index (χ1v) is 9.59. The largest absolute Gasteiger partial charge is 0.384 e. The molecule has 0 saturated carbocycles. The summed E-state index contributed by atoms with van der Waals surface area (Å²) in [7, 11) is 4.15. The van der Waals surface area contributed by atoms with Gasteiger partial charge in [0, 0.05) is 35.6 Å². The van der Waals surface area contributed by atoms with Gasteiger partial charge in [0.05, 0.1) is 4.70 Å². The number of thioether (sulfide) groups is 1. The predicted octanol–water partition coefficient (Wildman–Crippen LogP) is 2.94. The van der Waals surface area contributed by atoms with E-state index in [0.717, 1.165) is 24.4 Å². The lowest BCUT2D eigenvalue weighted by Gasteiger charge is -2.08. The number of nitrogens with two attached hydrogens (primary N) is 1. The number of nitriles is 1. The SMILES string of the molecule is CN(C)Cc1csc2cnc(CCSc3nc(N)cc(C#N)n3)cc12. The van der Waals surface area contributed by atoms with Gasteiger partial charge in [0.2, 0.25) is 0 Å². The van der Waals surface area contributed by atoms with Gasteiger partial charge in [-0.25, -0.2) is 9.97 Å². The van der Waals surface area contributed by atoms with E-state index in [1.807, 2.05) is 12.3 Å². The van der Waals surface area contributed by atoms with Crippen molar-refractivity contribution in [2.75, 3.05) is 25.6 Å². The maximum absolute atomic E-state index is 8.94. The fourth-order valence-corrected chi connectivity index (χ4v) is 4.17. The Balaban J connectivity index is 1.69. The summed E-state index contributed by atoms with van der Waals surface area (Å²) < 4.78 is 1.21. The summed E-state index contributed by atoms with van der Waals surface area (Å²) >= 11 is 3.21. The summed E-state index contributed by atoms with van der Waals surface area (Å²) in [5, 5.41) is 13.0. The number of nitrogens with zero attached hydrogens (tertiary/aromatic N) is 5. The molecule has 0 saturated heterocycles. The molecule has 8 heteroatoms. The number of thiophene rings is 1. The van der Waals surface area contributed by atoms with Crippen molar-refractivity contribution < 1.29 is 0 Å². The summed E-state index contributed by atoms with van der Waals surface area (Å²) in [6.45, 7) is 0.923. The van der Waals surface area contributed by atoms with Crippen molar-refractivity contribution in [3.63, 3.8) is 0 Å². The van der Waals surface area contributed by atoms with Crippen molar-refractivity contribution in [3.8, 4) is 6.07 Å². The van der Waals surface area contributed by atoms with E-state index >= 15 is 0 Å². The van der Waals surface area contributed by atoms with E-state index in [1.54, 1.807) is 11.3 Å². The molecule has 0 unspecified atom stereocenters. The monoisotopic (exact) mass is 370 g/mol. The number of rotatable bonds is 6. The predicted molar refractivity (Wildman–Crippen MR) is 103 cm³/mol. The quantitative estimate of drug-likeness (QED) is 0.527. The molecule has 6 nitrogen and oxygen atoms in total. The average Bonchev–Trinajstić information content (AvgIpc) is 2.96. The van der Waals surface area contributed by atoms with Crippen molar-refractivity contribution in [1.29, 1.82) is 5.26 Å². The molecule has 0 aliphatic heterocycles. The van der Waals surface area contributed by atoms with E-state index in [-0.39, 0.29) is 0 Å². The molecule has 0 radical (unpaired) electrons. The Morgan fingerprint density at radius 1 is 1.32 bits per heavy atom. The number of anilines is 1. The zero-order chi connectivity index (χ0) is 17.8. The van der Waals surface area contributed by atoms with Crippen molar-refractivity contribution in [2.45, 2.75) is 18.1 Å². The summed E-state index contributed by atoms with van der Waals surface area (Å²) in [5.41, 5.74) is 8.36. The highest BCUT2D eigenvalue weighted by molar-refractivity contribution is 7.99. The number of hydrogen-bond acceptors (Lipinski definition) is 8. The maximum atomic E-state index is 8.94. The van der Waals surface area contributed by atoms with Crippen LogP contribution in [0.2, 0.25) is 0 Å². The van der Waals surface area contributed by atoms with Crippen molar-refractivity contribution in [3.05, 3.63) is 40.7 Å². The minimum atomic E-state index is 0.293. The molecular formula is C17H18N6S2. The molecular weight excluding hydrogens is 352 g/mol. The van der Waals surface area contributed by atoms with Gasteiger partial charge in [-0.2, -0.15) is 5.26 Å². The van der Waals surface area contributed by atoms with Gasteiger partial charge in [-0.15, -0.1) is 11.3 Å². The third-order valence-corrected chi connectivity index (χ3v) is 5.34. The number of aryl methyl sites for hydroxylation is 1. The van der Waals surface area contributed by atoms with Gasteiger partial charge in [0.25, 0.3) is 0 Å². The molecule has 128 valence electrons. The first kappa shape index (κ1) is 17.6. The van der Waals surface area contributed by atoms with Crippen LogP contribution < -0.4 is 5.73 Å². The van der Waals surface area contributed by atoms with Crippen LogP contribution in [0.3, 0.4) is 0 Å². The molecule has 3 heterocycles. The Morgan fingerprint density at radius 3 is 2.92 bits per heavy atom. The molecule has 0 bridgehead atoms. The van der Waals surface area contributed by atoms with Crippen LogP contribution in [0, 0.1) is 11.3 Å². The van der Waals surface area contributed by atoms with Gasteiger partial charge in [-0.1, -0.05) is 11.8 Å². The van der Waals surface area contributed by atoms with Crippen LogP contribution in [-0.4, -0.2) is 39.7 Å². The Hall–Kier alpha value is -2.21. The number of nitrogen functional groups attached to an aromatic ring is 1. The van der Waals surface area contributed by atoms with Crippen LogP contribution in [0.1, 0.15) is 17.0 Å². The average molecular weight is 371 g/mol. The fourth-order valence-electron chi connectivity index (χ4n) is 2.44. The lowest BCUT2D eigenvalue weighted by molar-refractivity contribution is 0.404. The number of fused-ring (bicyclic) bond motifs is 1. The molecule has 0 aliphatic rings. The minimum Gasteiger partial charge on any atom is -0.384 e. The van der Waals surface area contributed by atoms with Crippen molar-refractivity contribution in [1.82, 2.24) is 19.9 Å². The molecule has 0 aliphatic carbocycles. The van der Waals surface area contributed by atoms with Gasteiger partial charge < -0.3 is 10.6 Å². The van der Waals surface area contributed by atoms with Gasteiger partial charge in [-0.3, -0.25) is 4.98 Å². The molecule has 0 aromatic carbocycles. The standard InChI is InChI=1S/C17H18N6S2/c1-23(2)9-11-10-25-15-8-20-12(5-14(11)15)3-4-24-17-21-13(7-18)6-16(19)22-17/h5-6,8,10H,3-4,9H2,1-2H3,(H2,19,21,22). The minimum absolute atomic E-state index is 0.293. The lowest BCUT2D eigenvalue weighted by atomic mass is 10.1. The molecule has 3 aromatic heterocycles. The molecule has 2 N–H and O–H groups in total. The first-order valence-electron chi connectivity index (χ1n) is 7.72. The zero-order valence-corrected chi connectivity index (χ0v) is 15.7. The number of pyridine rings is 1. The van der Waals surface area contributed by atoms with Crippen LogP contribution in [0.5, 0.6) is 0 Å². The summed E-state index contributed by atoms with van der Waals surface area (Å²) in [6, 6.07) is 5.64. The van der Waals surface area contributed by atoms with Crippen LogP contribution in [0.4, 0.5) is 5.82 Å². The van der Waals surface area contributed by atoms with E-state index in [4.69, 9.17) is 11.0 Å². The number of aromatic nitrogens is 3. The van der Waals surface area contributed by atoms with Crippen LogP contribution >= 0.6 is 23.1 Å². The first-order chi connectivity index (χ1) is 12.0.